The van der Waals surface area contributed by atoms with Crippen LogP contribution in [0.25, 0.3) is 11.0 Å². The van der Waals surface area contributed by atoms with Crippen LogP contribution in [-0.4, -0.2) is 39.4 Å². The molecule has 0 aliphatic rings. The van der Waals surface area contributed by atoms with E-state index in [-0.39, 0.29) is 5.82 Å². The number of hydrogen-bond acceptors (Lipinski definition) is 8. The van der Waals surface area contributed by atoms with Crippen LogP contribution in [0.2, 0.25) is 0 Å². The van der Waals surface area contributed by atoms with E-state index in [0.717, 1.165) is 51.9 Å². The van der Waals surface area contributed by atoms with Crippen LogP contribution in [0, 0.1) is 5.82 Å². The number of anilines is 5. The Morgan fingerprint density at radius 3 is 2.51 bits per heavy atom. The maximum absolute atomic E-state index is 13.5. The zero-order valence-electron chi connectivity index (χ0n) is 24.1. The zero-order valence-corrected chi connectivity index (χ0v) is 25.0. The van der Waals surface area contributed by atoms with Gasteiger partial charge in [0, 0.05) is 44.0 Å². The van der Waals surface area contributed by atoms with Crippen molar-refractivity contribution in [2.24, 2.45) is 7.05 Å². The molecular weight excluding hydrogens is 535 g/mol. The summed E-state index contributed by atoms with van der Waals surface area (Å²) in [6.07, 6.45) is 2.76. The number of aromatic nitrogens is 4. The van der Waals surface area contributed by atoms with Crippen LogP contribution < -0.4 is 20.3 Å². The maximum atomic E-state index is 13.5. The van der Waals surface area contributed by atoms with Gasteiger partial charge in [0.15, 0.2) is 0 Å². The zero-order chi connectivity index (χ0) is 29.2. The summed E-state index contributed by atoms with van der Waals surface area (Å²) in [4.78, 5) is 15.9. The summed E-state index contributed by atoms with van der Waals surface area (Å²) in [5.41, 5.74) is 5.88. The van der Waals surface area contributed by atoms with E-state index in [1.807, 2.05) is 86.9 Å². The topological polar surface area (TPSA) is 82.9 Å². The smallest absolute Gasteiger partial charge is 0.229 e. The first-order chi connectivity index (χ1) is 20.0. The number of halogens is 1. The fourth-order valence-electron chi connectivity index (χ4n) is 4.27. The second kappa shape index (κ2) is 14.5. The minimum absolute atomic E-state index is 0.247. The first-order valence-corrected chi connectivity index (χ1v) is 14.6. The van der Waals surface area contributed by atoms with Crippen molar-refractivity contribution in [3.63, 3.8) is 0 Å². The lowest BCUT2D eigenvalue weighted by atomic mass is 10.1. The normalized spacial score (nSPS) is 10.7. The molecule has 214 valence electrons. The van der Waals surface area contributed by atoms with Crippen LogP contribution in [0.3, 0.4) is 0 Å². The molecule has 0 bridgehead atoms. The van der Waals surface area contributed by atoms with E-state index < -0.39 is 0 Å². The van der Waals surface area contributed by atoms with E-state index in [4.69, 9.17) is 9.97 Å². The number of nitrogens with zero attached hydrogens (tertiary/aromatic N) is 5. The van der Waals surface area contributed by atoms with Gasteiger partial charge in [0.05, 0.1) is 11.0 Å². The molecule has 3 aromatic carbocycles. The Balaban J connectivity index is 0.00000189. The van der Waals surface area contributed by atoms with E-state index in [9.17, 15) is 4.39 Å². The Bertz CT molecular complexity index is 1550. The van der Waals surface area contributed by atoms with Crippen molar-refractivity contribution in [1.29, 1.82) is 0 Å². The second-order valence-corrected chi connectivity index (χ2v) is 10.2. The number of aryl methyl sites for hydroxylation is 2. The second-order valence-electron chi connectivity index (χ2n) is 9.07. The van der Waals surface area contributed by atoms with Gasteiger partial charge in [-0.1, -0.05) is 50.1 Å². The summed E-state index contributed by atoms with van der Waals surface area (Å²) in [6.45, 7) is 4.48. The van der Waals surface area contributed by atoms with Crippen molar-refractivity contribution in [2.45, 2.75) is 26.8 Å². The van der Waals surface area contributed by atoms with Gasteiger partial charge in [-0.15, -0.1) is 0 Å². The molecule has 0 aliphatic carbocycles. The quantitative estimate of drug-likeness (QED) is 0.115. The number of hydrogen-bond donors (Lipinski definition) is 3. The molecule has 0 atom stereocenters. The first-order valence-electron chi connectivity index (χ1n) is 13.7. The molecule has 0 aliphatic heterocycles. The molecule has 0 amide bonds. The minimum Gasteiger partial charge on any atom is -0.352 e. The molecule has 0 fully saturated rings. The van der Waals surface area contributed by atoms with E-state index in [1.54, 1.807) is 24.2 Å². The predicted octanol–water partition coefficient (Wildman–Crippen LogP) is 7.06. The SMILES string of the molecule is CC.CNSCCc1ccc(Nc2nccc(N(C)c3ccc4c(c3)nc(NCc3cccc(F)c3)n4C)n2)cc1. The third-order valence-corrected chi connectivity index (χ3v) is 7.12. The summed E-state index contributed by atoms with van der Waals surface area (Å²) in [5.74, 6) is 2.78. The van der Waals surface area contributed by atoms with Crippen molar-refractivity contribution < 1.29 is 4.39 Å². The summed E-state index contributed by atoms with van der Waals surface area (Å²) in [7, 11) is 5.87. The highest BCUT2D eigenvalue weighted by atomic mass is 32.2. The molecule has 3 N–H and O–H groups in total. The maximum Gasteiger partial charge on any atom is 0.229 e. The molecule has 41 heavy (non-hydrogen) atoms. The first kappa shape index (κ1) is 29.8. The molecule has 0 saturated heterocycles. The van der Waals surface area contributed by atoms with Crippen molar-refractivity contribution in [2.75, 3.05) is 35.4 Å². The van der Waals surface area contributed by atoms with E-state index in [0.29, 0.717) is 12.5 Å². The lowest BCUT2D eigenvalue weighted by Crippen LogP contribution is -2.12. The van der Waals surface area contributed by atoms with E-state index >= 15 is 0 Å². The molecule has 0 radical (unpaired) electrons. The van der Waals surface area contributed by atoms with Crippen molar-refractivity contribution in [1.82, 2.24) is 24.2 Å². The van der Waals surface area contributed by atoms with Gasteiger partial charge in [0.25, 0.3) is 0 Å². The average molecular weight is 573 g/mol. The molecular formula is C31H37FN8S. The van der Waals surface area contributed by atoms with Gasteiger partial charge in [-0.25, -0.2) is 14.4 Å². The van der Waals surface area contributed by atoms with Gasteiger partial charge < -0.3 is 20.1 Å². The Kier molecular flexibility index (Phi) is 10.5. The van der Waals surface area contributed by atoms with Crippen molar-refractivity contribution in [3.05, 3.63) is 95.9 Å². The minimum atomic E-state index is -0.247. The highest BCUT2D eigenvalue weighted by molar-refractivity contribution is 7.97. The fraction of sp³-hybridized carbons (Fsp3) is 0.258. The van der Waals surface area contributed by atoms with Gasteiger partial charge in [-0.3, -0.25) is 4.72 Å². The van der Waals surface area contributed by atoms with Gasteiger partial charge in [-0.2, -0.15) is 4.98 Å². The Hall–Kier alpha value is -4.15. The summed E-state index contributed by atoms with van der Waals surface area (Å²) < 4.78 is 18.6. The molecule has 10 heteroatoms. The van der Waals surface area contributed by atoms with Crippen LogP contribution in [0.4, 0.5) is 33.5 Å². The Morgan fingerprint density at radius 2 is 1.76 bits per heavy atom. The molecule has 2 aromatic heterocycles. The molecule has 2 heterocycles. The molecule has 0 unspecified atom stereocenters. The Labute approximate surface area is 245 Å². The van der Waals surface area contributed by atoms with Gasteiger partial charge in [-0.05, 0) is 73.1 Å². The molecule has 0 spiro atoms. The van der Waals surface area contributed by atoms with Crippen molar-refractivity contribution >= 4 is 52.1 Å². The third kappa shape index (κ3) is 7.74. The lowest BCUT2D eigenvalue weighted by molar-refractivity contribution is 0.626. The van der Waals surface area contributed by atoms with Crippen molar-refractivity contribution in [3.8, 4) is 0 Å². The van der Waals surface area contributed by atoms with Crippen LogP contribution in [-0.2, 0) is 20.0 Å². The van der Waals surface area contributed by atoms with Gasteiger partial charge >= 0.3 is 0 Å². The van der Waals surface area contributed by atoms with Crippen LogP contribution in [0.5, 0.6) is 0 Å². The number of nitrogens with one attached hydrogen (secondary N) is 3. The molecule has 5 rings (SSSR count). The highest BCUT2D eigenvalue weighted by Gasteiger charge is 2.12. The fourth-order valence-corrected chi connectivity index (χ4v) is 4.81. The predicted molar refractivity (Wildman–Crippen MR) is 171 cm³/mol. The van der Waals surface area contributed by atoms with Crippen LogP contribution in [0.1, 0.15) is 25.0 Å². The average Bonchev–Trinajstić information content (AvgIpc) is 3.32. The lowest BCUT2D eigenvalue weighted by Gasteiger charge is -2.19. The number of imidazole rings is 1. The number of fused-ring (bicyclic) bond motifs is 1. The number of rotatable bonds is 11. The molecule has 0 saturated carbocycles. The van der Waals surface area contributed by atoms with E-state index in [2.05, 4.69) is 32.5 Å². The van der Waals surface area contributed by atoms with Gasteiger partial charge in [0.1, 0.15) is 11.6 Å². The van der Waals surface area contributed by atoms with E-state index in [1.165, 1.54) is 17.7 Å². The van der Waals surface area contributed by atoms with Crippen LogP contribution >= 0.6 is 11.9 Å². The highest BCUT2D eigenvalue weighted by Crippen LogP contribution is 2.28. The summed E-state index contributed by atoms with van der Waals surface area (Å²) in [5, 5.41) is 6.61. The number of benzene rings is 3. The molecule has 5 aromatic rings. The third-order valence-electron chi connectivity index (χ3n) is 6.42. The monoisotopic (exact) mass is 572 g/mol. The standard InChI is InChI=1S/C29H31FN8S.C2H6/c1-31-39-16-14-20-7-9-23(10-8-20)34-28-32-15-13-27(36-28)37(2)24-11-12-26-25(18-24)35-29(38(26)3)33-19-21-5-4-6-22(30)17-21;1-2/h4-13,15,17-18,31H,14,16,19H2,1-3H3,(H,33,35)(H,32,34,36);1-2H3. The molecule has 8 nitrogen and oxygen atoms in total. The largest absolute Gasteiger partial charge is 0.352 e. The summed E-state index contributed by atoms with van der Waals surface area (Å²) >= 11 is 1.71. The van der Waals surface area contributed by atoms with Gasteiger partial charge in [0.2, 0.25) is 11.9 Å². The Morgan fingerprint density at radius 1 is 0.951 bits per heavy atom. The van der Waals surface area contributed by atoms with Crippen LogP contribution in [0.15, 0.2) is 79.0 Å². The summed E-state index contributed by atoms with van der Waals surface area (Å²) in [6, 6.07) is 22.9.